The number of carbonyl (C=O) groups excluding carboxylic acids is 1. The Morgan fingerprint density at radius 3 is 2.56 bits per heavy atom. The second-order valence-electron chi connectivity index (χ2n) is 10.5. The highest BCUT2D eigenvalue weighted by Crippen LogP contribution is 2.47. The SMILES string of the molecule is COc1ccc([C@@H]2CN(C(=O)[C@H](N)C3CCCCC3)C[C@@]2(C)[C@@H](C)O)cc1OCC1CC1. The second-order valence-corrected chi connectivity index (χ2v) is 10.5. The van der Waals surface area contributed by atoms with Crippen molar-refractivity contribution in [3.05, 3.63) is 23.8 Å². The van der Waals surface area contributed by atoms with Crippen LogP contribution in [0.1, 0.15) is 70.3 Å². The lowest BCUT2D eigenvalue weighted by Gasteiger charge is -2.34. The summed E-state index contributed by atoms with van der Waals surface area (Å²) < 4.78 is 11.6. The summed E-state index contributed by atoms with van der Waals surface area (Å²) >= 11 is 0. The Hall–Kier alpha value is -1.79. The molecule has 1 heterocycles. The lowest BCUT2D eigenvalue weighted by Crippen LogP contribution is -2.48. The summed E-state index contributed by atoms with van der Waals surface area (Å²) in [6, 6.07) is 5.59. The van der Waals surface area contributed by atoms with E-state index in [-0.39, 0.29) is 17.7 Å². The zero-order valence-corrected chi connectivity index (χ0v) is 19.9. The van der Waals surface area contributed by atoms with Gasteiger partial charge in [-0.25, -0.2) is 0 Å². The Bertz CT molecular complexity index is 803. The molecule has 3 fully saturated rings. The number of amides is 1. The number of hydrogen-bond donors (Lipinski definition) is 2. The molecule has 3 N–H and O–H groups in total. The fourth-order valence-electron chi connectivity index (χ4n) is 5.51. The Balaban J connectivity index is 1.55. The maximum Gasteiger partial charge on any atom is 0.239 e. The minimum Gasteiger partial charge on any atom is -0.493 e. The van der Waals surface area contributed by atoms with Crippen molar-refractivity contribution in [1.29, 1.82) is 0 Å². The molecule has 1 amide bonds. The van der Waals surface area contributed by atoms with Gasteiger partial charge in [0.05, 0.1) is 25.9 Å². The van der Waals surface area contributed by atoms with E-state index in [1.807, 2.05) is 30.0 Å². The first-order valence-electron chi connectivity index (χ1n) is 12.4. The lowest BCUT2D eigenvalue weighted by atomic mass is 9.72. The quantitative estimate of drug-likeness (QED) is 0.639. The Morgan fingerprint density at radius 1 is 1.22 bits per heavy atom. The summed E-state index contributed by atoms with van der Waals surface area (Å²) in [6.07, 6.45) is 7.53. The summed E-state index contributed by atoms with van der Waals surface area (Å²) in [4.78, 5) is 15.3. The molecule has 4 atom stereocenters. The van der Waals surface area contributed by atoms with Crippen molar-refractivity contribution < 1.29 is 19.4 Å². The third-order valence-electron chi connectivity index (χ3n) is 8.20. The molecule has 0 spiro atoms. The fourth-order valence-corrected chi connectivity index (χ4v) is 5.51. The molecule has 6 nitrogen and oxygen atoms in total. The van der Waals surface area contributed by atoms with Crippen LogP contribution in [0.25, 0.3) is 0 Å². The molecule has 1 aromatic rings. The van der Waals surface area contributed by atoms with Crippen molar-refractivity contribution in [2.45, 2.75) is 76.9 Å². The number of aliphatic hydroxyl groups excluding tert-OH is 1. The molecule has 1 aliphatic heterocycles. The number of ether oxygens (including phenoxy) is 2. The van der Waals surface area contributed by atoms with Crippen LogP contribution in [0.5, 0.6) is 11.5 Å². The van der Waals surface area contributed by atoms with Crippen molar-refractivity contribution in [2.75, 3.05) is 26.8 Å². The van der Waals surface area contributed by atoms with Crippen LogP contribution in [0.3, 0.4) is 0 Å². The van der Waals surface area contributed by atoms with Crippen LogP contribution >= 0.6 is 0 Å². The Morgan fingerprint density at radius 2 is 1.94 bits per heavy atom. The minimum absolute atomic E-state index is 0.000753. The minimum atomic E-state index is -0.561. The molecule has 32 heavy (non-hydrogen) atoms. The van der Waals surface area contributed by atoms with E-state index in [1.165, 1.54) is 19.3 Å². The molecule has 178 valence electrons. The van der Waals surface area contributed by atoms with Gasteiger partial charge in [-0.15, -0.1) is 0 Å². The van der Waals surface area contributed by atoms with Gasteiger partial charge in [0.25, 0.3) is 0 Å². The molecule has 0 radical (unpaired) electrons. The first-order valence-corrected chi connectivity index (χ1v) is 12.4. The third-order valence-corrected chi connectivity index (χ3v) is 8.20. The fraction of sp³-hybridized carbons (Fsp3) is 0.731. The lowest BCUT2D eigenvalue weighted by molar-refractivity contribution is -0.133. The Kier molecular flexibility index (Phi) is 7.01. The largest absolute Gasteiger partial charge is 0.493 e. The molecular weight excluding hydrogens is 404 g/mol. The number of methoxy groups -OCH3 is 1. The predicted molar refractivity (Wildman–Crippen MR) is 125 cm³/mol. The molecule has 0 aromatic heterocycles. The van der Waals surface area contributed by atoms with Crippen molar-refractivity contribution in [3.63, 3.8) is 0 Å². The standard InChI is InChI=1S/C26H40N2O4/c1-17(29)26(2)16-28(25(30)24(27)19-7-5-4-6-8-19)14-21(26)20-11-12-22(31-3)23(13-20)32-15-18-9-10-18/h11-13,17-19,21,24,29H,4-10,14-16,27H2,1-3H3/t17-,21+,24-,26+/m1/s1. The van der Waals surface area contributed by atoms with Gasteiger partial charge in [0.1, 0.15) is 0 Å². The zero-order chi connectivity index (χ0) is 22.9. The molecule has 1 aromatic carbocycles. The zero-order valence-electron chi connectivity index (χ0n) is 19.9. The van der Waals surface area contributed by atoms with E-state index >= 15 is 0 Å². The van der Waals surface area contributed by atoms with Crippen LogP contribution in [0.4, 0.5) is 0 Å². The van der Waals surface area contributed by atoms with Crippen molar-refractivity contribution >= 4 is 5.91 Å². The molecule has 0 unspecified atom stereocenters. The van der Waals surface area contributed by atoms with Crippen molar-refractivity contribution in [3.8, 4) is 11.5 Å². The van der Waals surface area contributed by atoms with Gasteiger partial charge in [0.2, 0.25) is 5.91 Å². The number of aliphatic hydroxyl groups is 1. The monoisotopic (exact) mass is 444 g/mol. The molecule has 3 aliphatic rings. The number of rotatable bonds is 8. The highest BCUT2D eigenvalue weighted by atomic mass is 16.5. The molecule has 2 aliphatic carbocycles. The van der Waals surface area contributed by atoms with E-state index in [4.69, 9.17) is 15.2 Å². The summed E-state index contributed by atoms with van der Waals surface area (Å²) in [6.45, 7) is 5.69. The van der Waals surface area contributed by atoms with Crippen LogP contribution in [-0.4, -0.2) is 54.9 Å². The van der Waals surface area contributed by atoms with E-state index < -0.39 is 17.6 Å². The summed E-state index contributed by atoms with van der Waals surface area (Å²) in [7, 11) is 1.65. The summed E-state index contributed by atoms with van der Waals surface area (Å²) in [5, 5.41) is 10.8. The smallest absolute Gasteiger partial charge is 0.239 e. The normalized spacial score (nSPS) is 28.4. The summed E-state index contributed by atoms with van der Waals surface area (Å²) in [5.41, 5.74) is 7.08. The van der Waals surface area contributed by atoms with Gasteiger partial charge in [-0.05, 0) is 62.1 Å². The van der Waals surface area contributed by atoms with Crippen LogP contribution in [0, 0.1) is 17.3 Å². The van der Waals surface area contributed by atoms with E-state index in [0.717, 1.165) is 42.7 Å². The van der Waals surface area contributed by atoms with Gasteiger partial charge in [0, 0.05) is 24.4 Å². The van der Waals surface area contributed by atoms with Crippen molar-refractivity contribution in [1.82, 2.24) is 4.90 Å². The van der Waals surface area contributed by atoms with E-state index in [2.05, 4.69) is 6.92 Å². The van der Waals surface area contributed by atoms with Crippen LogP contribution in [-0.2, 0) is 4.79 Å². The number of likely N-dealkylation sites (tertiary alicyclic amines) is 1. The van der Waals surface area contributed by atoms with Crippen LogP contribution in [0.2, 0.25) is 0 Å². The topological polar surface area (TPSA) is 85.0 Å². The second kappa shape index (κ2) is 9.60. The van der Waals surface area contributed by atoms with Gasteiger partial charge in [-0.1, -0.05) is 32.3 Å². The molecule has 1 saturated heterocycles. The van der Waals surface area contributed by atoms with Gasteiger partial charge in [0.15, 0.2) is 11.5 Å². The van der Waals surface area contributed by atoms with Crippen LogP contribution in [0.15, 0.2) is 18.2 Å². The maximum absolute atomic E-state index is 13.4. The van der Waals surface area contributed by atoms with E-state index in [9.17, 15) is 9.90 Å². The van der Waals surface area contributed by atoms with E-state index in [0.29, 0.717) is 25.6 Å². The third kappa shape index (κ3) is 4.76. The number of benzene rings is 1. The maximum atomic E-state index is 13.4. The Labute approximate surface area is 192 Å². The molecular formula is C26H40N2O4. The van der Waals surface area contributed by atoms with Crippen molar-refractivity contribution in [2.24, 2.45) is 23.0 Å². The van der Waals surface area contributed by atoms with Gasteiger partial charge in [-0.2, -0.15) is 0 Å². The highest BCUT2D eigenvalue weighted by Gasteiger charge is 2.49. The summed E-state index contributed by atoms with van der Waals surface area (Å²) in [5.74, 6) is 2.42. The molecule has 0 bridgehead atoms. The number of hydrogen-bond acceptors (Lipinski definition) is 5. The van der Waals surface area contributed by atoms with Gasteiger partial charge < -0.3 is 25.2 Å². The van der Waals surface area contributed by atoms with Crippen LogP contribution < -0.4 is 15.2 Å². The number of nitrogens with two attached hydrogens (primary N) is 1. The average Bonchev–Trinajstić information content (AvgIpc) is 3.57. The highest BCUT2D eigenvalue weighted by molar-refractivity contribution is 5.82. The van der Waals surface area contributed by atoms with Gasteiger partial charge in [-0.3, -0.25) is 4.79 Å². The predicted octanol–water partition coefficient (Wildman–Crippen LogP) is 3.70. The molecule has 2 saturated carbocycles. The molecule has 6 heteroatoms. The van der Waals surface area contributed by atoms with E-state index in [1.54, 1.807) is 7.11 Å². The first-order chi connectivity index (χ1) is 15.3. The number of nitrogens with zero attached hydrogens (tertiary/aromatic N) is 1. The molecule has 4 rings (SSSR count). The number of carbonyl (C=O) groups is 1. The van der Waals surface area contributed by atoms with Gasteiger partial charge >= 0.3 is 0 Å². The first kappa shape index (κ1) is 23.4. The average molecular weight is 445 g/mol.